The molecule has 1 unspecified atom stereocenters. The number of hydrogen-bond donors (Lipinski definition) is 2. The van der Waals surface area contributed by atoms with Gasteiger partial charge in [0, 0.05) is 24.7 Å². The largest absolute Gasteiger partial charge is 0.497 e. The summed E-state index contributed by atoms with van der Waals surface area (Å²) >= 11 is 0. The van der Waals surface area contributed by atoms with Crippen LogP contribution in [0.3, 0.4) is 0 Å². The van der Waals surface area contributed by atoms with E-state index < -0.39 is 21.4 Å². The van der Waals surface area contributed by atoms with Crippen LogP contribution in [0.15, 0.2) is 60.7 Å². The molecule has 0 saturated heterocycles. The second kappa shape index (κ2) is 8.66. The molecular weight excluding hydrogens is 416 g/mol. The van der Waals surface area contributed by atoms with Crippen LogP contribution in [0.1, 0.15) is 32.9 Å². The summed E-state index contributed by atoms with van der Waals surface area (Å²) in [5.41, 5.74) is 2.59. The van der Waals surface area contributed by atoms with Crippen molar-refractivity contribution in [2.75, 3.05) is 13.7 Å². The Bertz CT molecular complexity index is 1180. The van der Waals surface area contributed by atoms with Crippen LogP contribution >= 0.6 is 0 Å². The van der Waals surface area contributed by atoms with Crippen molar-refractivity contribution in [3.8, 4) is 5.75 Å². The molecule has 2 aromatic carbocycles. The summed E-state index contributed by atoms with van der Waals surface area (Å²) in [4.78, 5) is 13.1. The van der Waals surface area contributed by atoms with Crippen LogP contribution in [0, 0.1) is 6.92 Å². The zero-order valence-electron chi connectivity index (χ0n) is 17.7. The Kier molecular flexibility index (Phi) is 6.35. The van der Waals surface area contributed by atoms with Crippen molar-refractivity contribution in [3.05, 3.63) is 88.7 Å². The van der Waals surface area contributed by atoms with Gasteiger partial charge in [-0.15, -0.1) is 0 Å². The zero-order valence-corrected chi connectivity index (χ0v) is 18.5. The molecule has 0 bridgehead atoms. The normalized spacial score (nSPS) is 13.6. The van der Waals surface area contributed by atoms with Crippen LogP contribution in [-0.4, -0.2) is 37.6 Å². The van der Waals surface area contributed by atoms with Crippen molar-refractivity contribution in [1.82, 2.24) is 4.57 Å². The zero-order chi connectivity index (χ0) is 22.8. The van der Waals surface area contributed by atoms with Crippen molar-refractivity contribution in [2.45, 2.75) is 18.1 Å². The molecular formula is C23H26N2O5S. The minimum absolute atomic E-state index is 0.0838. The summed E-state index contributed by atoms with van der Waals surface area (Å²) in [5, 5.41) is 15.8. The molecule has 1 heterocycles. The number of rotatable bonds is 8. The average molecular weight is 443 g/mol. The molecule has 31 heavy (non-hydrogen) atoms. The van der Waals surface area contributed by atoms with Crippen molar-refractivity contribution in [3.63, 3.8) is 0 Å². The number of sulfonamides is 1. The number of hydrogen-bond acceptors (Lipinski definition) is 5. The molecule has 1 atom stereocenters. The third-order valence-corrected chi connectivity index (χ3v) is 7.26. The van der Waals surface area contributed by atoms with Crippen LogP contribution in [0.4, 0.5) is 0 Å². The number of aliphatic hydroxyl groups is 1. The molecule has 0 radical (unpaired) electrons. The van der Waals surface area contributed by atoms with E-state index in [9.17, 15) is 18.3 Å². The molecule has 3 N–H and O–H groups in total. The predicted molar refractivity (Wildman–Crippen MR) is 119 cm³/mol. The number of aromatic nitrogens is 1. The van der Waals surface area contributed by atoms with Gasteiger partial charge < -0.3 is 14.4 Å². The number of nitrogens with zero attached hydrogens (tertiary/aromatic N) is 1. The highest BCUT2D eigenvalue weighted by Crippen LogP contribution is 2.34. The maximum absolute atomic E-state index is 13.1. The van der Waals surface area contributed by atoms with Gasteiger partial charge in [0.05, 0.1) is 19.4 Å². The molecule has 164 valence electrons. The first-order chi connectivity index (χ1) is 14.6. The Morgan fingerprint density at radius 2 is 1.74 bits per heavy atom. The number of benzene rings is 2. The van der Waals surface area contributed by atoms with Crippen LogP contribution in [0.5, 0.6) is 5.75 Å². The molecule has 3 rings (SSSR count). The second-order valence-corrected chi connectivity index (χ2v) is 9.40. The Morgan fingerprint density at radius 1 is 1.13 bits per heavy atom. The van der Waals surface area contributed by atoms with E-state index in [1.807, 2.05) is 0 Å². The number of nitrogens with two attached hydrogens (primary N) is 1. The van der Waals surface area contributed by atoms with Gasteiger partial charge in [-0.2, -0.15) is 0 Å². The monoisotopic (exact) mass is 442 g/mol. The summed E-state index contributed by atoms with van der Waals surface area (Å²) in [6, 6.07) is 16.9. The molecule has 0 spiro atoms. The maximum Gasteiger partial charge on any atom is 0.221 e. The summed E-state index contributed by atoms with van der Waals surface area (Å²) in [7, 11) is -0.935. The van der Waals surface area contributed by atoms with Crippen molar-refractivity contribution >= 4 is 15.8 Å². The summed E-state index contributed by atoms with van der Waals surface area (Å²) in [5.74, 6) is 0.448. The van der Waals surface area contributed by atoms with Gasteiger partial charge in [-0.3, -0.25) is 4.79 Å². The number of ether oxygens (including phenoxy) is 1. The molecule has 0 amide bonds. The van der Waals surface area contributed by atoms with Gasteiger partial charge in [-0.25, -0.2) is 13.6 Å². The SMILES string of the molecule is COc1ccc(C(=O)c2c(C)cc(CC(CO)(c3ccccc3)S(N)(=O)=O)n2C)cc1. The fraction of sp³-hybridized carbons (Fsp3) is 0.261. The van der Waals surface area contributed by atoms with Crippen molar-refractivity contribution in [2.24, 2.45) is 12.2 Å². The number of aryl methyl sites for hydroxylation is 1. The average Bonchev–Trinajstić information content (AvgIpc) is 3.04. The van der Waals surface area contributed by atoms with Gasteiger partial charge in [-0.1, -0.05) is 30.3 Å². The van der Waals surface area contributed by atoms with Gasteiger partial charge in [0.2, 0.25) is 15.8 Å². The number of ketones is 1. The van der Waals surface area contributed by atoms with E-state index in [0.717, 1.165) is 0 Å². The summed E-state index contributed by atoms with van der Waals surface area (Å²) in [6.45, 7) is 1.10. The van der Waals surface area contributed by atoms with E-state index in [0.29, 0.717) is 33.8 Å². The van der Waals surface area contributed by atoms with E-state index in [4.69, 9.17) is 9.88 Å². The predicted octanol–water partition coefficient (Wildman–Crippen LogP) is 2.29. The molecule has 7 nitrogen and oxygen atoms in total. The molecule has 0 fully saturated rings. The topological polar surface area (TPSA) is 112 Å². The van der Waals surface area contributed by atoms with Gasteiger partial charge in [0.15, 0.2) is 0 Å². The van der Waals surface area contributed by atoms with Gasteiger partial charge in [-0.05, 0) is 48.4 Å². The Balaban J connectivity index is 2.06. The molecule has 1 aromatic heterocycles. The lowest BCUT2D eigenvalue weighted by molar-refractivity contribution is 0.103. The number of methoxy groups -OCH3 is 1. The molecule has 0 saturated carbocycles. The summed E-state index contributed by atoms with van der Waals surface area (Å²) < 4.78 is 30.4. The highest BCUT2D eigenvalue weighted by molar-refractivity contribution is 7.90. The van der Waals surface area contributed by atoms with Crippen LogP contribution in [0.2, 0.25) is 0 Å². The Labute approximate surface area is 182 Å². The molecule has 0 aliphatic heterocycles. The van der Waals surface area contributed by atoms with E-state index in [1.165, 1.54) is 0 Å². The minimum Gasteiger partial charge on any atom is -0.497 e. The van der Waals surface area contributed by atoms with E-state index >= 15 is 0 Å². The van der Waals surface area contributed by atoms with E-state index in [2.05, 4.69) is 0 Å². The third kappa shape index (κ3) is 4.14. The van der Waals surface area contributed by atoms with E-state index in [-0.39, 0.29) is 12.2 Å². The highest BCUT2D eigenvalue weighted by Gasteiger charge is 2.44. The first kappa shape index (κ1) is 22.7. The van der Waals surface area contributed by atoms with Gasteiger partial charge in [0.1, 0.15) is 10.5 Å². The number of carbonyl (C=O) groups excluding carboxylic acids is 1. The first-order valence-electron chi connectivity index (χ1n) is 9.67. The van der Waals surface area contributed by atoms with E-state index in [1.54, 1.807) is 86.3 Å². The van der Waals surface area contributed by atoms with Crippen molar-refractivity contribution in [1.29, 1.82) is 0 Å². The van der Waals surface area contributed by atoms with Crippen molar-refractivity contribution < 1.29 is 23.1 Å². The Morgan fingerprint density at radius 3 is 2.26 bits per heavy atom. The fourth-order valence-electron chi connectivity index (χ4n) is 3.84. The van der Waals surface area contributed by atoms with Crippen LogP contribution < -0.4 is 9.88 Å². The number of primary sulfonamides is 1. The quantitative estimate of drug-likeness (QED) is 0.520. The second-order valence-electron chi connectivity index (χ2n) is 7.52. The molecule has 0 aliphatic carbocycles. The number of carbonyl (C=O) groups is 1. The number of aliphatic hydroxyl groups excluding tert-OH is 1. The van der Waals surface area contributed by atoms with Crippen LogP contribution in [-0.2, 0) is 28.2 Å². The first-order valence-corrected chi connectivity index (χ1v) is 11.2. The fourth-order valence-corrected chi connectivity index (χ4v) is 4.84. The molecule has 8 heteroatoms. The Hall–Kier alpha value is -2.94. The lowest BCUT2D eigenvalue weighted by Gasteiger charge is -2.30. The minimum atomic E-state index is -4.19. The smallest absolute Gasteiger partial charge is 0.221 e. The summed E-state index contributed by atoms with van der Waals surface area (Å²) in [6.07, 6.45) is -0.0838. The standard InChI is InChI=1S/C23H26N2O5S/c1-16-13-19(14-23(15-26,31(24,28)29)18-7-5-4-6-8-18)25(2)21(16)22(27)17-9-11-20(30-3)12-10-17/h4-13,26H,14-15H2,1-3H3,(H2,24,28,29). The third-order valence-electron chi connectivity index (χ3n) is 5.66. The molecule has 3 aromatic rings. The van der Waals surface area contributed by atoms with Gasteiger partial charge >= 0.3 is 0 Å². The lowest BCUT2D eigenvalue weighted by Crippen LogP contribution is -2.46. The van der Waals surface area contributed by atoms with Crippen LogP contribution in [0.25, 0.3) is 0 Å². The maximum atomic E-state index is 13.1. The molecule has 0 aliphatic rings. The van der Waals surface area contributed by atoms with Gasteiger partial charge in [0.25, 0.3) is 0 Å². The lowest BCUT2D eigenvalue weighted by atomic mass is 9.93. The highest BCUT2D eigenvalue weighted by atomic mass is 32.2.